The molecule has 0 unspecified atom stereocenters. The van der Waals surface area contributed by atoms with Crippen molar-refractivity contribution in [2.24, 2.45) is 0 Å². The predicted molar refractivity (Wildman–Crippen MR) is 41.6 cm³/mol. The molecule has 48 valence electrons. The van der Waals surface area contributed by atoms with Crippen molar-refractivity contribution in [2.75, 3.05) is 14.2 Å². The number of hydrogen-bond acceptors (Lipinski definition) is 4. The molecule has 0 atom stereocenters. The van der Waals surface area contributed by atoms with Crippen LogP contribution < -0.4 is 0 Å². The van der Waals surface area contributed by atoms with Crippen LogP contribution in [0.15, 0.2) is 0 Å². The molecule has 0 saturated carbocycles. The maximum absolute atomic E-state index is 4.95. The van der Waals surface area contributed by atoms with E-state index in [-0.39, 0.29) is 0 Å². The van der Waals surface area contributed by atoms with E-state index < -0.39 is 5.69 Å². The zero-order valence-electron chi connectivity index (χ0n) is 4.53. The summed E-state index contributed by atoms with van der Waals surface area (Å²) >= 11 is 6.50. The predicted octanol–water partition coefficient (Wildman–Crippen LogP) is 1.32. The Labute approximate surface area is 70.5 Å². The van der Waals surface area contributed by atoms with Crippen LogP contribution in [0.2, 0.25) is 0 Å². The van der Waals surface area contributed by atoms with Crippen LogP contribution in [-0.4, -0.2) is 35.8 Å². The van der Waals surface area contributed by atoms with Gasteiger partial charge in [0.15, 0.2) is 0 Å². The molecule has 0 aliphatic rings. The molecule has 0 aliphatic carbocycles. The quantitative estimate of drug-likeness (QED) is 0.572. The molecule has 0 bridgehead atoms. The van der Waals surface area contributed by atoms with Crippen molar-refractivity contribution in [2.45, 2.75) is 0 Å². The second kappa shape index (κ2) is 4.54. The van der Waals surface area contributed by atoms with Crippen LogP contribution in [0.1, 0.15) is 0 Å². The van der Waals surface area contributed by atoms with Gasteiger partial charge in [-0.2, -0.15) is 0 Å². The normalized spacial score (nSPS) is 11.9. The van der Waals surface area contributed by atoms with Gasteiger partial charge in [0.1, 0.15) is 0 Å². The standard InChI is InChI=1S/C2H7O2PS2.Sb/c1-3-5(6,7)4-2;/h1-2H3,(H,6,7);/q;+1/p-1. The minimum absolute atomic E-state index is 1.50. The van der Waals surface area contributed by atoms with Gasteiger partial charge in [-0.25, -0.2) is 0 Å². The first kappa shape index (κ1) is 9.74. The molecule has 0 spiro atoms. The van der Waals surface area contributed by atoms with E-state index >= 15 is 0 Å². The molecule has 0 heterocycles. The molecule has 0 N–H and O–H groups in total. The minimum atomic E-state index is -1.89. The molecule has 0 aliphatic heterocycles. The van der Waals surface area contributed by atoms with E-state index in [1.165, 1.54) is 8.47 Å². The van der Waals surface area contributed by atoms with Crippen molar-refractivity contribution >= 4 is 47.6 Å². The zero-order chi connectivity index (χ0) is 6.62. The number of rotatable bonds is 3. The zero-order valence-corrected chi connectivity index (χ0v) is 9.61. The Morgan fingerprint density at radius 2 is 1.88 bits per heavy atom. The first-order valence-electron chi connectivity index (χ1n) is 1.73. The fraction of sp³-hybridized carbons (Fsp3) is 1.00. The fourth-order valence-electron chi connectivity index (χ4n) is 0.141. The summed E-state index contributed by atoms with van der Waals surface area (Å²) in [6.07, 6.45) is 0. The van der Waals surface area contributed by atoms with E-state index in [9.17, 15) is 0 Å². The molecule has 2 nitrogen and oxygen atoms in total. The summed E-state index contributed by atoms with van der Waals surface area (Å²) in [7, 11) is 4.66. The summed E-state index contributed by atoms with van der Waals surface area (Å²) in [6.45, 7) is 0. The summed E-state index contributed by atoms with van der Waals surface area (Å²) in [4.78, 5) is 0. The second-order valence-electron chi connectivity index (χ2n) is 0.894. The molecule has 8 heavy (non-hydrogen) atoms. The first-order valence-corrected chi connectivity index (χ1v) is 8.87. The van der Waals surface area contributed by atoms with Crippen molar-refractivity contribution in [3.05, 3.63) is 0 Å². The van der Waals surface area contributed by atoms with Crippen molar-refractivity contribution in [3.63, 3.8) is 0 Å². The van der Waals surface area contributed by atoms with E-state index in [1.807, 2.05) is 0 Å². The third kappa shape index (κ3) is 3.05. The van der Waals surface area contributed by atoms with Crippen molar-refractivity contribution in [1.82, 2.24) is 0 Å². The summed E-state index contributed by atoms with van der Waals surface area (Å²) < 4.78 is 9.83. The van der Waals surface area contributed by atoms with Crippen molar-refractivity contribution in [1.29, 1.82) is 0 Å². The maximum atomic E-state index is 4.95. The Hall–Kier alpha value is 1.74. The summed E-state index contributed by atoms with van der Waals surface area (Å²) in [5.41, 5.74) is -1.89. The van der Waals surface area contributed by atoms with Crippen LogP contribution in [0.3, 0.4) is 0 Å². The van der Waals surface area contributed by atoms with Crippen LogP contribution in [0.4, 0.5) is 0 Å². The van der Waals surface area contributed by atoms with Crippen molar-refractivity contribution < 1.29 is 9.05 Å². The van der Waals surface area contributed by atoms with Gasteiger partial charge in [0.05, 0.1) is 0 Å². The van der Waals surface area contributed by atoms with Gasteiger partial charge in [-0.05, 0) is 0 Å². The average molecular weight is 279 g/mol. The van der Waals surface area contributed by atoms with E-state index in [1.54, 1.807) is 35.8 Å². The third-order valence-electron chi connectivity index (χ3n) is 0.547. The molecule has 0 saturated heterocycles. The average Bonchev–Trinajstić information content (AvgIpc) is 1.87. The second-order valence-corrected chi connectivity index (χ2v) is 10.9. The van der Waals surface area contributed by atoms with E-state index in [0.717, 1.165) is 0 Å². The van der Waals surface area contributed by atoms with Gasteiger partial charge < -0.3 is 0 Å². The van der Waals surface area contributed by atoms with Gasteiger partial charge >= 0.3 is 70.9 Å². The molecule has 2 radical (unpaired) electrons. The Kier molecular flexibility index (Phi) is 5.52. The topological polar surface area (TPSA) is 18.5 Å². The Morgan fingerprint density at radius 3 is 1.88 bits per heavy atom. The Balaban J connectivity index is 3.79. The van der Waals surface area contributed by atoms with E-state index in [0.29, 0.717) is 0 Å². The molecule has 0 aromatic heterocycles. The van der Waals surface area contributed by atoms with Gasteiger partial charge in [0.2, 0.25) is 0 Å². The van der Waals surface area contributed by atoms with Gasteiger partial charge in [-0.15, -0.1) is 0 Å². The molecule has 0 aromatic rings. The van der Waals surface area contributed by atoms with Gasteiger partial charge in [-0.1, -0.05) is 0 Å². The Morgan fingerprint density at radius 1 is 1.50 bits per heavy atom. The fourth-order valence-corrected chi connectivity index (χ4v) is 4.25. The Bertz CT molecular complexity index is 89.2. The third-order valence-corrected chi connectivity index (χ3v) is 13.2. The van der Waals surface area contributed by atoms with Crippen LogP contribution in [0.25, 0.3) is 0 Å². The SMILES string of the molecule is COP(=S)(OC)[S][Sb]. The van der Waals surface area contributed by atoms with E-state index in [4.69, 9.17) is 20.9 Å². The molecule has 0 amide bonds. The summed E-state index contributed by atoms with van der Waals surface area (Å²) in [6, 6.07) is 0. The van der Waals surface area contributed by atoms with Gasteiger partial charge in [-0.3, -0.25) is 0 Å². The van der Waals surface area contributed by atoms with Gasteiger partial charge in [0, 0.05) is 0 Å². The molecule has 0 rings (SSSR count). The van der Waals surface area contributed by atoms with Gasteiger partial charge in [0.25, 0.3) is 0 Å². The summed E-state index contributed by atoms with van der Waals surface area (Å²) in [5, 5.41) is 0. The molecule has 6 heteroatoms. The first-order chi connectivity index (χ1) is 3.68. The summed E-state index contributed by atoms with van der Waals surface area (Å²) in [5.74, 6) is 0. The van der Waals surface area contributed by atoms with Crippen LogP contribution >= 0.6 is 14.2 Å². The van der Waals surface area contributed by atoms with Crippen LogP contribution in [-0.2, 0) is 20.9 Å². The van der Waals surface area contributed by atoms with Crippen LogP contribution in [0, 0.1) is 0 Å². The molecular weight excluding hydrogens is 273 g/mol. The monoisotopic (exact) mass is 278 g/mol. The number of hydrogen-bond donors (Lipinski definition) is 0. The molecule has 0 fully saturated rings. The van der Waals surface area contributed by atoms with Crippen molar-refractivity contribution in [3.8, 4) is 0 Å². The molecular formula is C2H6O2PS2Sb. The van der Waals surface area contributed by atoms with Crippen LogP contribution in [0.5, 0.6) is 0 Å². The van der Waals surface area contributed by atoms with E-state index in [2.05, 4.69) is 0 Å². The molecule has 0 aromatic carbocycles.